The zero-order valence-corrected chi connectivity index (χ0v) is 15.5. The normalized spacial score (nSPS) is 10.3. The van der Waals surface area contributed by atoms with Crippen LogP contribution in [0.3, 0.4) is 0 Å². The lowest BCUT2D eigenvalue weighted by Gasteiger charge is -2.10. The number of rotatable bonds is 7. The smallest absolute Gasteiger partial charge is 0.270 e. The summed E-state index contributed by atoms with van der Waals surface area (Å²) in [6.45, 7) is 0.879. The largest absolute Gasteiger partial charge is 0.496 e. The Hall–Kier alpha value is -3.12. The van der Waals surface area contributed by atoms with Crippen molar-refractivity contribution in [3.8, 4) is 5.75 Å². The zero-order chi connectivity index (χ0) is 19.1. The Morgan fingerprint density at radius 1 is 1.07 bits per heavy atom. The van der Waals surface area contributed by atoms with Crippen LogP contribution in [-0.4, -0.2) is 23.0 Å². The maximum Gasteiger partial charge on any atom is 0.270 e. The lowest BCUT2D eigenvalue weighted by atomic mass is 10.2. The quantitative estimate of drug-likeness (QED) is 0.651. The van der Waals surface area contributed by atoms with Gasteiger partial charge in [0.15, 0.2) is 0 Å². The summed E-state index contributed by atoms with van der Waals surface area (Å²) in [7, 11) is 1.63. The van der Waals surface area contributed by atoms with Crippen molar-refractivity contribution in [3.05, 3.63) is 82.6 Å². The van der Waals surface area contributed by atoms with Gasteiger partial charge in [0.2, 0.25) is 5.95 Å². The van der Waals surface area contributed by atoms with Crippen LogP contribution >= 0.6 is 11.6 Å². The predicted octanol–water partition coefficient (Wildman–Crippen LogP) is 3.68. The maximum atomic E-state index is 12.3. The first-order valence-electron chi connectivity index (χ1n) is 8.37. The van der Waals surface area contributed by atoms with Crippen LogP contribution in [0.15, 0.2) is 60.8 Å². The highest BCUT2D eigenvalue weighted by Crippen LogP contribution is 2.18. The van der Waals surface area contributed by atoms with Crippen molar-refractivity contribution in [2.24, 2.45) is 0 Å². The van der Waals surface area contributed by atoms with Crippen molar-refractivity contribution in [1.29, 1.82) is 0 Å². The summed E-state index contributed by atoms with van der Waals surface area (Å²) in [5.74, 6) is 0.884. The van der Waals surface area contributed by atoms with Crippen molar-refractivity contribution in [1.82, 2.24) is 15.3 Å². The maximum absolute atomic E-state index is 12.3. The number of carbonyl (C=O) groups is 1. The summed E-state index contributed by atoms with van der Waals surface area (Å²) in [6, 6.07) is 16.6. The van der Waals surface area contributed by atoms with Crippen molar-refractivity contribution < 1.29 is 9.53 Å². The summed E-state index contributed by atoms with van der Waals surface area (Å²) in [5, 5.41) is 6.61. The Morgan fingerprint density at radius 3 is 2.63 bits per heavy atom. The fourth-order valence-corrected chi connectivity index (χ4v) is 2.59. The number of carbonyl (C=O) groups excluding carboxylic acids is 1. The number of hydrogen-bond acceptors (Lipinski definition) is 5. The van der Waals surface area contributed by atoms with Crippen LogP contribution in [0.4, 0.5) is 5.95 Å². The Kier molecular flexibility index (Phi) is 6.22. The molecule has 0 unspecified atom stereocenters. The molecule has 27 heavy (non-hydrogen) atoms. The van der Waals surface area contributed by atoms with Crippen LogP contribution in [-0.2, 0) is 13.1 Å². The fraction of sp³-hybridized carbons (Fsp3) is 0.150. The average Bonchev–Trinajstić information content (AvgIpc) is 2.72. The van der Waals surface area contributed by atoms with Gasteiger partial charge >= 0.3 is 0 Å². The summed E-state index contributed by atoms with van der Waals surface area (Å²) >= 11 is 5.86. The van der Waals surface area contributed by atoms with Gasteiger partial charge in [-0.1, -0.05) is 41.9 Å². The van der Waals surface area contributed by atoms with Crippen molar-refractivity contribution in [2.75, 3.05) is 12.4 Å². The molecule has 0 aliphatic carbocycles. The van der Waals surface area contributed by atoms with Gasteiger partial charge in [-0.05, 0) is 29.8 Å². The number of halogens is 1. The van der Waals surface area contributed by atoms with Gasteiger partial charge in [-0.25, -0.2) is 9.97 Å². The van der Waals surface area contributed by atoms with E-state index in [-0.39, 0.29) is 5.91 Å². The minimum atomic E-state index is -0.271. The van der Waals surface area contributed by atoms with Crippen LogP contribution in [0.25, 0.3) is 0 Å². The van der Waals surface area contributed by atoms with Crippen LogP contribution < -0.4 is 15.4 Å². The first kappa shape index (κ1) is 18.7. The topological polar surface area (TPSA) is 76.1 Å². The molecule has 1 amide bonds. The second-order valence-corrected chi connectivity index (χ2v) is 6.18. The van der Waals surface area contributed by atoms with Crippen molar-refractivity contribution in [3.63, 3.8) is 0 Å². The van der Waals surface area contributed by atoms with Crippen molar-refractivity contribution in [2.45, 2.75) is 13.1 Å². The highest BCUT2D eigenvalue weighted by atomic mass is 35.5. The molecule has 0 spiro atoms. The molecular weight excluding hydrogens is 364 g/mol. The Bertz CT molecular complexity index is 916. The minimum Gasteiger partial charge on any atom is -0.496 e. The van der Waals surface area contributed by atoms with E-state index >= 15 is 0 Å². The zero-order valence-electron chi connectivity index (χ0n) is 14.8. The summed E-state index contributed by atoms with van der Waals surface area (Å²) in [4.78, 5) is 20.8. The third kappa shape index (κ3) is 5.18. The number of ether oxygens (including phenoxy) is 1. The van der Waals surface area contributed by atoms with E-state index in [4.69, 9.17) is 16.3 Å². The molecule has 6 nitrogen and oxygen atoms in total. The minimum absolute atomic E-state index is 0.271. The average molecular weight is 383 g/mol. The van der Waals surface area contributed by atoms with E-state index < -0.39 is 0 Å². The lowest BCUT2D eigenvalue weighted by Crippen LogP contribution is -2.24. The number of aromatic nitrogens is 2. The van der Waals surface area contributed by atoms with E-state index in [9.17, 15) is 4.79 Å². The number of anilines is 1. The third-order valence-corrected chi connectivity index (χ3v) is 4.14. The van der Waals surface area contributed by atoms with E-state index in [0.717, 1.165) is 16.9 Å². The lowest BCUT2D eigenvalue weighted by molar-refractivity contribution is 0.0946. The van der Waals surface area contributed by atoms with Crippen LogP contribution in [0, 0.1) is 0 Å². The number of para-hydroxylation sites is 1. The Morgan fingerprint density at radius 2 is 1.85 bits per heavy atom. The Balaban J connectivity index is 1.60. The third-order valence-electron chi connectivity index (χ3n) is 3.88. The molecule has 3 aromatic rings. The van der Waals surface area contributed by atoms with Gasteiger partial charge in [0.05, 0.1) is 7.11 Å². The number of methoxy groups -OCH3 is 1. The van der Waals surface area contributed by atoms with Crippen LogP contribution in [0.5, 0.6) is 5.75 Å². The highest BCUT2D eigenvalue weighted by molar-refractivity contribution is 6.30. The number of benzene rings is 2. The van der Waals surface area contributed by atoms with E-state index in [2.05, 4.69) is 20.6 Å². The van der Waals surface area contributed by atoms with E-state index in [0.29, 0.717) is 29.8 Å². The molecule has 0 fully saturated rings. The SMILES string of the molecule is COc1ccccc1CNc1nccc(C(=O)NCc2ccc(Cl)cc2)n1. The van der Waals surface area contributed by atoms with Gasteiger partial charge in [0.25, 0.3) is 5.91 Å². The molecule has 0 saturated carbocycles. The number of hydrogen-bond donors (Lipinski definition) is 2. The van der Waals surface area contributed by atoms with Crippen LogP contribution in [0.1, 0.15) is 21.6 Å². The molecule has 2 aromatic carbocycles. The second-order valence-electron chi connectivity index (χ2n) is 5.74. The van der Waals surface area contributed by atoms with Gasteiger partial charge in [-0.2, -0.15) is 0 Å². The summed E-state index contributed by atoms with van der Waals surface area (Å²) in [5.41, 5.74) is 2.22. The molecular formula is C20H19ClN4O2. The molecule has 1 aromatic heterocycles. The van der Waals surface area contributed by atoms with Gasteiger partial charge < -0.3 is 15.4 Å². The van der Waals surface area contributed by atoms with E-state index in [1.54, 1.807) is 31.5 Å². The first-order chi connectivity index (χ1) is 13.2. The fourth-order valence-electron chi connectivity index (χ4n) is 2.47. The molecule has 0 radical (unpaired) electrons. The van der Waals surface area contributed by atoms with Gasteiger partial charge in [-0.15, -0.1) is 0 Å². The van der Waals surface area contributed by atoms with Gasteiger partial charge in [0.1, 0.15) is 11.4 Å². The van der Waals surface area contributed by atoms with Gasteiger partial charge in [-0.3, -0.25) is 4.79 Å². The number of nitrogens with zero attached hydrogens (tertiary/aromatic N) is 2. The molecule has 3 rings (SSSR count). The first-order valence-corrected chi connectivity index (χ1v) is 8.75. The molecule has 7 heteroatoms. The van der Waals surface area contributed by atoms with E-state index in [1.165, 1.54) is 0 Å². The van der Waals surface area contributed by atoms with Crippen molar-refractivity contribution >= 4 is 23.5 Å². The number of amides is 1. The molecule has 0 aliphatic heterocycles. The predicted molar refractivity (Wildman–Crippen MR) is 105 cm³/mol. The summed E-state index contributed by atoms with van der Waals surface area (Å²) < 4.78 is 5.32. The molecule has 0 aliphatic rings. The standard InChI is InChI=1S/C20H19ClN4O2/c1-27-18-5-3-2-4-15(18)13-24-20-22-11-10-17(25-20)19(26)23-12-14-6-8-16(21)9-7-14/h2-11H,12-13H2,1H3,(H,23,26)(H,22,24,25). The Labute approximate surface area is 162 Å². The molecule has 0 atom stereocenters. The molecule has 0 saturated heterocycles. The molecule has 0 bridgehead atoms. The molecule has 138 valence electrons. The molecule has 2 N–H and O–H groups in total. The summed E-state index contributed by atoms with van der Waals surface area (Å²) in [6.07, 6.45) is 1.55. The van der Waals surface area contributed by atoms with E-state index in [1.807, 2.05) is 36.4 Å². The highest BCUT2D eigenvalue weighted by Gasteiger charge is 2.09. The number of nitrogens with one attached hydrogen (secondary N) is 2. The van der Waals surface area contributed by atoms with Crippen LogP contribution in [0.2, 0.25) is 5.02 Å². The van der Waals surface area contributed by atoms with Gasteiger partial charge in [0, 0.05) is 29.9 Å². The monoisotopic (exact) mass is 382 g/mol. The molecule has 1 heterocycles. The second kappa shape index (κ2) is 9.00.